The zero-order chi connectivity index (χ0) is 16.1. The summed E-state index contributed by atoms with van der Waals surface area (Å²) in [5.74, 6) is 0.751. The molecule has 0 spiro atoms. The van der Waals surface area contributed by atoms with Gasteiger partial charge in [-0.15, -0.1) is 0 Å². The van der Waals surface area contributed by atoms with Gasteiger partial charge in [-0.25, -0.2) is 0 Å². The van der Waals surface area contributed by atoms with Crippen molar-refractivity contribution in [3.05, 3.63) is 58.3 Å². The number of hydrogen-bond donors (Lipinski definition) is 0. The van der Waals surface area contributed by atoms with Crippen LogP contribution in [0.1, 0.15) is 19.4 Å². The van der Waals surface area contributed by atoms with E-state index in [-0.39, 0.29) is 0 Å². The normalized spacial score (nSPS) is 12.3. The number of nitrogens with zero attached hydrogens (tertiary/aromatic N) is 2. The molecular formula is C19H20N2O. The molecule has 0 bridgehead atoms. The summed E-state index contributed by atoms with van der Waals surface area (Å²) in [4.78, 5) is 0. The molecule has 1 aromatic carbocycles. The highest BCUT2D eigenvalue weighted by atomic mass is 16.5. The maximum absolute atomic E-state index is 9.58. The summed E-state index contributed by atoms with van der Waals surface area (Å²) in [7, 11) is 1.64. The molecule has 2 rings (SSSR count). The van der Waals surface area contributed by atoms with Gasteiger partial charge in [-0.3, -0.25) is 0 Å². The standard InChI is InChI=1S/C19H20N2O/c1-5-16(22-4)12-18-14(3)17(13-20)19(21(18)6-2)15-10-8-7-9-11-15/h5,7-12H,3,6H2,1-2,4H3/b16-5+,18-12+. The van der Waals surface area contributed by atoms with Gasteiger partial charge in [0, 0.05) is 17.8 Å². The maximum atomic E-state index is 9.58. The Morgan fingerprint density at radius 3 is 2.55 bits per heavy atom. The second-order valence-electron chi connectivity index (χ2n) is 4.85. The van der Waals surface area contributed by atoms with Crippen molar-refractivity contribution in [3.63, 3.8) is 0 Å². The fourth-order valence-corrected chi connectivity index (χ4v) is 2.59. The van der Waals surface area contributed by atoms with Crippen molar-refractivity contribution in [1.29, 1.82) is 5.26 Å². The Kier molecular flexibility index (Phi) is 4.85. The lowest BCUT2D eigenvalue weighted by Crippen LogP contribution is -2.29. The lowest BCUT2D eigenvalue weighted by molar-refractivity contribution is 0.312. The van der Waals surface area contributed by atoms with Crippen LogP contribution in [-0.4, -0.2) is 11.7 Å². The van der Waals surface area contributed by atoms with Crippen molar-refractivity contribution in [2.45, 2.75) is 20.4 Å². The molecule has 0 aliphatic rings. The van der Waals surface area contributed by atoms with Crippen LogP contribution in [0.25, 0.3) is 23.9 Å². The molecule has 2 aromatic rings. The van der Waals surface area contributed by atoms with E-state index < -0.39 is 0 Å². The molecule has 0 N–H and O–H groups in total. The minimum atomic E-state index is 0.617. The lowest BCUT2D eigenvalue weighted by Gasteiger charge is -2.08. The molecule has 22 heavy (non-hydrogen) atoms. The Hall–Kier alpha value is -2.73. The van der Waals surface area contributed by atoms with E-state index in [9.17, 15) is 5.26 Å². The lowest BCUT2D eigenvalue weighted by atomic mass is 10.1. The van der Waals surface area contributed by atoms with Crippen molar-refractivity contribution in [2.24, 2.45) is 0 Å². The molecule has 0 atom stereocenters. The number of ether oxygens (including phenoxy) is 1. The van der Waals surface area contributed by atoms with Gasteiger partial charge in [0.05, 0.1) is 23.7 Å². The second kappa shape index (κ2) is 6.82. The summed E-state index contributed by atoms with van der Waals surface area (Å²) in [6.07, 6.45) is 3.82. The molecule has 1 heterocycles. The van der Waals surface area contributed by atoms with Crippen LogP contribution in [0, 0.1) is 11.3 Å². The summed E-state index contributed by atoms with van der Waals surface area (Å²) in [6.45, 7) is 8.84. The van der Waals surface area contributed by atoms with Gasteiger partial charge >= 0.3 is 0 Å². The van der Waals surface area contributed by atoms with Crippen LogP contribution in [0.15, 0.2) is 42.2 Å². The Bertz CT molecular complexity index is 836. The molecule has 0 amide bonds. The summed E-state index contributed by atoms with van der Waals surface area (Å²) < 4.78 is 7.44. The molecule has 112 valence electrons. The van der Waals surface area contributed by atoms with Gasteiger partial charge in [0.2, 0.25) is 0 Å². The Labute approximate surface area is 131 Å². The molecular weight excluding hydrogens is 272 g/mol. The predicted molar refractivity (Wildman–Crippen MR) is 90.3 cm³/mol. The van der Waals surface area contributed by atoms with Gasteiger partial charge in [0.25, 0.3) is 0 Å². The van der Waals surface area contributed by atoms with Gasteiger partial charge in [-0.1, -0.05) is 36.9 Å². The fraction of sp³-hybridized carbons (Fsp3) is 0.211. The second-order valence-corrected chi connectivity index (χ2v) is 4.85. The average molecular weight is 292 g/mol. The number of aromatic nitrogens is 1. The number of nitriles is 1. The molecule has 3 heteroatoms. The van der Waals surface area contributed by atoms with E-state index >= 15 is 0 Å². The first-order valence-electron chi connectivity index (χ1n) is 7.26. The molecule has 1 aromatic heterocycles. The smallest absolute Gasteiger partial charge is 0.116 e. The third-order valence-electron chi connectivity index (χ3n) is 3.68. The monoisotopic (exact) mass is 292 g/mol. The Morgan fingerprint density at radius 2 is 2.05 bits per heavy atom. The van der Waals surface area contributed by atoms with E-state index in [1.54, 1.807) is 7.11 Å². The quantitative estimate of drug-likeness (QED) is 0.813. The third-order valence-corrected chi connectivity index (χ3v) is 3.68. The van der Waals surface area contributed by atoms with Gasteiger partial charge in [-0.2, -0.15) is 5.26 Å². The number of benzene rings is 1. The third kappa shape index (κ3) is 2.68. The van der Waals surface area contributed by atoms with E-state index in [1.807, 2.05) is 49.4 Å². The molecule has 0 aliphatic heterocycles. The number of methoxy groups -OCH3 is 1. The number of allylic oxidation sites excluding steroid dienone is 2. The highest BCUT2D eigenvalue weighted by Crippen LogP contribution is 2.20. The summed E-state index contributed by atoms with van der Waals surface area (Å²) in [5.41, 5.74) is 2.55. The van der Waals surface area contributed by atoms with Crippen LogP contribution >= 0.6 is 0 Å². The first kappa shape index (κ1) is 15.7. The van der Waals surface area contributed by atoms with Crippen LogP contribution in [0.3, 0.4) is 0 Å². The minimum absolute atomic E-state index is 0.617. The number of rotatable bonds is 4. The summed E-state index contributed by atoms with van der Waals surface area (Å²) in [5, 5.41) is 11.2. The van der Waals surface area contributed by atoms with Crippen LogP contribution < -0.4 is 10.6 Å². The molecule has 0 radical (unpaired) electrons. The molecule has 0 saturated heterocycles. The summed E-state index contributed by atoms with van der Waals surface area (Å²) in [6, 6.07) is 12.2. The largest absolute Gasteiger partial charge is 0.497 e. The SMILES string of the molecule is C=c1c(C#N)c(-c2ccccc2)n(CC)/c1=C/C(=C\C)OC. The average Bonchev–Trinajstić information content (AvgIpc) is 2.84. The van der Waals surface area contributed by atoms with Crippen LogP contribution in [-0.2, 0) is 11.3 Å². The van der Waals surface area contributed by atoms with E-state index in [0.717, 1.165) is 34.1 Å². The first-order chi connectivity index (χ1) is 10.7. The Balaban J connectivity index is 2.88. The zero-order valence-corrected chi connectivity index (χ0v) is 13.3. The van der Waals surface area contributed by atoms with Crippen molar-refractivity contribution in [2.75, 3.05) is 7.11 Å². The van der Waals surface area contributed by atoms with E-state index in [1.165, 1.54) is 0 Å². The van der Waals surface area contributed by atoms with Crippen molar-refractivity contribution < 1.29 is 4.74 Å². The van der Waals surface area contributed by atoms with Crippen molar-refractivity contribution in [3.8, 4) is 17.3 Å². The van der Waals surface area contributed by atoms with Gasteiger partial charge in [0.15, 0.2) is 0 Å². The molecule has 0 unspecified atom stereocenters. The zero-order valence-electron chi connectivity index (χ0n) is 13.3. The maximum Gasteiger partial charge on any atom is 0.116 e. The van der Waals surface area contributed by atoms with E-state index in [0.29, 0.717) is 5.56 Å². The van der Waals surface area contributed by atoms with Gasteiger partial charge < -0.3 is 9.30 Å². The van der Waals surface area contributed by atoms with E-state index in [4.69, 9.17) is 4.74 Å². The van der Waals surface area contributed by atoms with Gasteiger partial charge in [-0.05, 0) is 25.5 Å². The van der Waals surface area contributed by atoms with Gasteiger partial charge in [0.1, 0.15) is 11.8 Å². The molecule has 0 saturated carbocycles. The highest BCUT2D eigenvalue weighted by Gasteiger charge is 2.14. The summed E-state index contributed by atoms with van der Waals surface area (Å²) >= 11 is 0. The van der Waals surface area contributed by atoms with Crippen LogP contribution in [0.5, 0.6) is 0 Å². The van der Waals surface area contributed by atoms with Crippen LogP contribution in [0.4, 0.5) is 0 Å². The predicted octanol–water partition coefficient (Wildman–Crippen LogP) is 2.79. The topological polar surface area (TPSA) is 38.0 Å². The fourth-order valence-electron chi connectivity index (χ4n) is 2.59. The number of hydrogen-bond acceptors (Lipinski definition) is 2. The highest BCUT2D eigenvalue weighted by molar-refractivity contribution is 5.69. The van der Waals surface area contributed by atoms with E-state index in [2.05, 4.69) is 24.1 Å². The Morgan fingerprint density at radius 1 is 1.36 bits per heavy atom. The molecule has 3 nitrogen and oxygen atoms in total. The first-order valence-corrected chi connectivity index (χ1v) is 7.26. The molecule has 0 fully saturated rings. The van der Waals surface area contributed by atoms with Crippen LogP contribution in [0.2, 0.25) is 0 Å². The minimum Gasteiger partial charge on any atom is -0.497 e. The molecule has 0 aliphatic carbocycles. The van der Waals surface area contributed by atoms with Crippen molar-refractivity contribution >= 4 is 12.7 Å². The van der Waals surface area contributed by atoms with Crippen molar-refractivity contribution in [1.82, 2.24) is 4.57 Å².